The SMILES string of the molecule is Cc1cc(/C=C/C(=O)[O-])cc(C)c1OCC[NH+](C)C. The quantitative estimate of drug-likeness (QED) is 0.710. The molecule has 0 unspecified atom stereocenters. The zero-order valence-corrected chi connectivity index (χ0v) is 11.9. The van der Waals surface area contributed by atoms with Crippen LogP contribution in [0.2, 0.25) is 0 Å². The lowest BCUT2D eigenvalue weighted by Gasteiger charge is -2.14. The number of ether oxygens (including phenoxy) is 1. The van der Waals surface area contributed by atoms with E-state index >= 15 is 0 Å². The number of hydrogen-bond acceptors (Lipinski definition) is 3. The molecule has 1 rings (SSSR count). The number of nitrogens with one attached hydrogen (secondary N) is 1. The number of carboxylic acid groups (broad SMARTS) is 1. The Morgan fingerprint density at radius 2 is 1.89 bits per heavy atom. The fourth-order valence-corrected chi connectivity index (χ4v) is 1.83. The Labute approximate surface area is 114 Å². The smallest absolute Gasteiger partial charge is 0.137 e. The minimum Gasteiger partial charge on any atom is -0.545 e. The summed E-state index contributed by atoms with van der Waals surface area (Å²) in [6.45, 7) is 5.52. The summed E-state index contributed by atoms with van der Waals surface area (Å²) in [5.74, 6) is -0.309. The first-order valence-electron chi connectivity index (χ1n) is 6.32. The maximum atomic E-state index is 10.4. The van der Waals surface area contributed by atoms with E-state index in [-0.39, 0.29) is 0 Å². The van der Waals surface area contributed by atoms with Crippen molar-refractivity contribution in [3.8, 4) is 5.75 Å². The molecule has 0 heterocycles. The zero-order chi connectivity index (χ0) is 14.4. The van der Waals surface area contributed by atoms with Crippen molar-refractivity contribution in [2.45, 2.75) is 13.8 Å². The van der Waals surface area contributed by atoms with Crippen LogP contribution in [0, 0.1) is 13.8 Å². The molecule has 0 aliphatic carbocycles. The number of carboxylic acids is 1. The van der Waals surface area contributed by atoms with Crippen molar-refractivity contribution in [1.82, 2.24) is 0 Å². The van der Waals surface area contributed by atoms with Crippen molar-refractivity contribution >= 4 is 12.0 Å². The molecule has 0 fully saturated rings. The maximum absolute atomic E-state index is 10.4. The van der Waals surface area contributed by atoms with Crippen LogP contribution in [0.15, 0.2) is 18.2 Å². The predicted octanol–water partition coefficient (Wildman–Crippen LogP) is -0.410. The van der Waals surface area contributed by atoms with Crippen LogP contribution in [0.3, 0.4) is 0 Å². The van der Waals surface area contributed by atoms with E-state index in [2.05, 4.69) is 14.1 Å². The normalized spacial score (nSPS) is 11.2. The summed E-state index contributed by atoms with van der Waals surface area (Å²) in [6, 6.07) is 3.81. The van der Waals surface area contributed by atoms with E-state index in [1.54, 1.807) is 0 Å². The number of aryl methyl sites for hydroxylation is 2. The highest BCUT2D eigenvalue weighted by Gasteiger charge is 2.06. The summed E-state index contributed by atoms with van der Waals surface area (Å²) < 4.78 is 5.79. The van der Waals surface area contributed by atoms with Crippen molar-refractivity contribution < 1.29 is 19.5 Å². The number of quaternary nitrogens is 1. The summed E-state index contributed by atoms with van der Waals surface area (Å²) in [7, 11) is 4.16. The molecule has 1 N–H and O–H groups in total. The Balaban J connectivity index is 2.82. The number of rotatable bonds is 6. The number of likely N-dealkylation sites (N-methyl/N-ethyl adjacent to an activating group) is 1. The van der Waals surface area contributed by atoms with Crippen molar-refractivity contribution in [3.63, 3.8) is 0 Å². The van der Waals surface area contributed by atoms with Gasteiger partial charge in [0.1, 0.15) is 18.9 Å². The first kappa shape index (κ1) is 15.2. The van der Waals surface area contributed by atoms with E-state index in [1.807, 2.05) is 26.0 Å². The van der Waals surface area contributed by atoms with Gasteiger partial charge in [-0.15, -0.1) is 0 Å². The molecule has 0 aliphatic rings. The van der Waals surface area contributed by atoms with Gasteiger partial charge in [0, 0.05) is 0 Å². The molecule has 104 valence electrons. The van der Waals surface area contributed by atoms with Gasteiger partial charge in [0.05, 0.1) is 20.1 Å². The van der Waals surface area contributed by atoms with Crippen LogP contribution < -0.4 is 14.7 Å². The highest BCUT2D eigenvalue weighted by atomic mass is 16.5. The Bertz CT molecular complexity index is 455. The second-order valence-corrected chi connectivity index (χ2v) is 4.94. The summed E-state index contributed by atoms with van der Waals surface area (Å²) in [5, 5.41) is 10.4. The molecule has 4 nitrogen and oxygen atoms in total. The molecular formula is C15H21NO3. The third-order valence-corrected chi connectivity index (χ3v) is 2.74. The fraction of sp³-hybridized carbons (Fsp3) is 0.400. The highest BCUT2D eigenvalue weighted by Crippen LogP contribution is 2.25. The molecule has 4 heteroatoms. The van der Waals surface area contributed by atoms with Crippen molar-refractivity contribution in [3.05, 3.63) is 34.9 Å². The van der Waals surface area contributed by atoms with Gasteiger partial charge in [0.15, 0.2) is 0 Å². The molecule has 0 bridgehead atoms. The van der Waals surface area contributed by atoms with Crippen LogP contribution >= 0.6 is 0 Å². The van der Waals surface area contributed by atoms with Gasteiger partial charge in [0.2, 0.25) is 0 Å². The number of benzene rings is 1. The minimum absolute atomic E-state index is 0.665. The average molecular weight is 263 g/mol. The first-order chi connectivity index (χ1) is 8.90. The molecule has 0 radical (unpaired) electrons. The predicted molar refractivity (Wildman–Crippen MR) is 73.1 cm³/mol. The first-order valence-corrected chi connectivity index (χ1v) is 6.32. The zero-order valence-electron chi connectivity index (χ0n) is 11.9. The van der Waals surface area contributed by atoms with Crippen LogP contribution in [0.5, 0.6) is 5.75 Å². The third-order valence-electron chi connectivity index (χ3n) is 2.74. The second kappa shape index (κ2) is 6.95. The topological polar surface area (TPSA) is 53.8 Å². The van der Waals surface area contributed by atoms with Crippen LogP contribution in [0.1, 0.15) is 16.7 Å². The Kier molecular flexibility index (Phi) is 5.57. The number of carbonyl (C=O) groups is 1. The van der Waals surface area contributed by atoms with Gasteiger partial charge >= 0.3 is 0 Å². The molecule has 19 heavy (non-hydrogen) atoms. The molecule has 0 atom stereocenters. The van der Waals surface area contributed by atoms with E-state index in [0.717, 1.165) is 35.1 Å². The third kappa shape index (κ3) is 5.14. The van der Waals surface area contributed by atoms with Gasteiger partial charge in [-0.05, 0) is 48.7 Å². The molecule has 0 aromatic heterocycles. The largest absolute Gasteiger partial charge is 0.545 e. The Morgan fingerprint density at radius 1 is 1.32 bits per heavy atom. The number of hydrogen-bond donors (Lipinski definition) is 1. The summed E-state index contributed by atoms with van der Waals surface area (Å²) in [5.41, 5.74) is 2.85. The second-order valence-electron chi connectivity index (χ2n) is 4.94. The highest BCUT2D eigenvalue weighted by molar-refractivity contribution is 5.83. The van der Waals surface area contributed by atoms with Gasteiger partial charge in [-0.2, -0.15) is 0 Å². The van der Waals surface area contributed by atoms with Crippen LogP contribution in [-0.2, 0) is 4.79 Å². The molecule has 0 spiro atoms. The van der Waals surface area contributed by atoms with E-state index in [0.29, 0.717) is 6.61 Å². The number of aliphatic carboxylic acids is 1. The molecule has 0 aliphatic heterocycles. The van der Waals surface area contributed by atoms with Gasteiger partial charge in [0.25, 0.3) is 0 Å². The van der Waals surface area contributed by atoms with Crippen LogP contribution in [-0.4, -0.2) is 33.2 Å². The van der Waals surface area contributed by atoms with Gasteiger partial charge in [-0.3, -0.25) is 0 Å². The minimum atomic E-state index is -1.19. The Morgan fingerprint density at radius 3 is 2.37 bits per heavy atom. The summed E-state index contributed by atoms with van der Waals surface area (Å²) in [4.78, 5) is 11.7. The Hall–Kier alpha value is -1.81. The average Bonchev–Trinajstić information content (AvgIpc) is 2.29. The molecular weight excluding hydrogens is 242 g/mol. The fourth-order valence-electron chi connectivity index (χ4n) is 1.83. The molecule has 0 saturated heterocycles. The van der Waals surface area contributed by atoms with Crippen molar-refractivity contribution in [2.24, 2.45) is 0 Å². The number of carbonyl (C=O) groups excluding carboxylic acids is 1. The molecule has 0 saturated carbocycles. The van der Waals surface area contributed by atoms with Crippen molar-refractivity contribution in [1.29, 1.82) is 0 Å². The van der Waals surface area contributed by atoms with Crippen molar-refractivity contribution in [2.75, 3.05) is 27.2 Å². The van der Waals surface area contributed by atoms with E-state index < -0.39 is 5.97 Å². The van der Waals surface area contributed by atoms with E-state index in [4.69, 9.17) is 4.74 Å². The molecule has 1 aromatic carbocycles. The lowest BCUT2D eigenvalue weighted by Crippen LogP contribution is -3.06. The van der Waals surface area contributed by atoms with Gasteiger partial charge in [-0.25, -0.2) is 0 Å². The maximum Gasteiger partial charge on any atom is 0.137 e. The lowest BCUT2D eigenvalue weighted by atomic mass is 10.1. The molecule has 1 aromatic rings. The van der Waals surface area contributed by atoms with Gasteiger partial charge < -0.3 is 19.5 Å². The monoisotopic (exact) mass is 263 g/mol. The van der Waals surface area contributed by atoms with Gasteiger partial charge in [-0.1, -0.05) is 6.08 Å². The standard InChI is InChI=1S/C15H21NO3/c1-11-9-13(5-6-14(17)18)10-12(2)15(11)19-8-7-16(3)4/h5-6,9-10H,7-8H2,1-4H3,(H,17,18)/b6-5+. The summed E-state index contributed by atoms with van der Waals surface area (Å²) >= 11 is 0. The van der Waals surface area contributed by atoms with E-state index in [1.165, 1.54) is 11.0 Å². The van der Waals surface area contributed by atoms with Crippen LogP contribution in [0.4, 0.5) is 0 Å². The summed E-state index contributed by atoms with van der Waals surface area (Å²) in [6.07, 6.45) is 2.56. The molecule has 0 amide bonds. The lowest BCUT2D eigenvalue weighted by molar-refractivity contribution is -0.858. The van der Waals surface area contributed by atoms with Crippen LogP contribution in [0.25, 0.3) is 6.08 Å². The van der Waals surface area contributed by atoms with E-state index in [9.17, 15) is 9.90 Å².